The Morgan fingerprint density at radius 1 is 1.37 bits per heavy atom. The Hall–Kier alpha value is -1.97. The molecule has 19 heavy (non-hydrogen) atoms. The average molecular weight is 260 g/mol. The van der Waals surface area contributed by atoms with Gasteiger partial charge in [0, 0.05) is 0 Å². The van der Waals surface area contributed by atoms with Crippen molar-refractivity contribution in [3.05, 3.63) is 29.5 Å². The minimum absolute atomic E-state index is 0.349. The fourth-order valence-electron chi connectivity index (χ4n) is 2.27. The van der Waals surface area contributed by atoms with Crippen molar-refractivity contribution in [2.75, 3.05) is 12.8 Å². The molecule has 1 aromatic carbocycles. The van der Waals surface area contributed by atoms with Crippen LogP contribution in [0, 0.1) is 0 Å². The van der Waals surface area contributed by atoms with Gasteiger partial charge < -0.3 is 15.0 Å². The van der Waals surface area contributed by atoms with Crippen molar-refractivity contribution >= 4 is 5.88 Å². The first-order chi connectivity index (χ1) is 9.08. The number of hydrogen-bond donors (Lipinski definition) is 1. The molecule has 0 saturated heterocycles. The lowest BCUT2D eigenvalue weighted by molar-refractivity contribution is 0.403. The van der Waals surface area contributed by atoms with Crippen LogP contribution in [0.3, 0.4) is 0 Å². The number of benzene rings is 1. The van der Waals surface area contributed by atoms with Crippen LogP contribution in [0.5, 0.6) is 5.75 Å². The van der Waals surface area contributed by atoms with E-state index >= 15 is 0 Å². The Bertz CT molecular complexity index is 574. The highest BCUT2D eigenvalue weighted by atomic mass is 16.5. The summed E-state index contributed by atoms with van der Waals surface area (Å²) in [4.78, 5) is 0. The highest BCUT2D eigenvalue weighted by Gasteiger charge is 2.16. The maximum atomic E-state index is 5.80. The summed E-state index contributed by atoms with van der Waals surface area (Å²) in [6.07, 6.45) is 2.56. The minimum Gasteiger partial charge on any atom is -0.496 e. The predicted molar refractivity (Wildman–Crippen MR) is 76.4 cm³/mol. The van der Waals surface area contributed by atoms with Crippen LogP contribution in [-0.2, 0) is 6.42 Å². The second kappa shape index (κ2) is 5.34. The van der Waals surface area contributed by atoms with Gasteiger partial charge in [0.2, 0.25) is 5.88 Å². The summed E-state index contributed by atoms with van der Waals surface area (Å²) in [5.41, 5.74) is 10.0. The van der Waals surface area contributed by atoms with Gasteiger partial charge in [-0.2, -0.15) is 0 Å². The molecule has 2 rings (SSSR count). The summed E-state index contributed by atoms with van der Waals surface area (Å²) >= 11 is 0. The zero-order valence-corrected chi connectivity index (χ0v) is 11.9. The average Bonchev–Trinajstić information content (AvgIpc) is 2.83. The highest BCUT2D eigenvalue weighted by molar-refractivity contribution is 5.74. The fraction of sp³-hybridized carbons (Fsp3) is 0.400. The molecule has 0 bridgehead atoms. The fourth-order valence-corrected chi connectivity index (χ4v) is 2.27. The van der Waals surface area contributed by atoms with E-state index in [2.05, 4.69) is 38.1 Å². The summed E-state index contributed by atoms with van der Waals surface area (Å²) in [5, 5.41) is 3.74. The van der Waals surface area contributed by atoms with Crippen LogP contribution >= 0.6 is 0 Å². The molecule has 1 heterocycles. The normalized spacial score (nSPS) is 11.0. The SMILES string of the molecule is CCc1cc(-c2cnoc2N)cc(C(C)C)c1OC. The summed E-state index contributed by atoms with van der Waals surface area (Å²) in [6, 6.07) is 4.19. The molecule has 102 valence electrons. The lowest BCUT2D eigenvalue weighted by Crippen LogP contribution is -2.00. The Morgan fingerprint density at radius 2 is 2.11 bits per heavy atom. The van der Waals surface area contributed by atoms with Gasteiger partial charge in [0.05, 0.1) is 18.9 Å². The van der Waals surface area contributed by atoms with Crippen molar-refractivity contribution in [3.63, 3.8) is 0 Å². The van der Waals surface area contributed by atoms with Gasteiger partial charge in [-0.25, -0.2) is 0 Å². The maximum absolute atomic E-state index is 5.80. The maximum Gasteiger partial charge on any atom is 0.229 e. The Labute approximate surface area is 113 Å². The van der Waals surface area contributed by atoms with Gasteiger partial charge >= 0.3 is 0 Å². The van der Waals surface area contributed by atoms with E-state index in [-0.39, 0.29) is 0 Å². The topological polar surface area (TPSA) is 61.3 Å². The molecule has 2 N–H and O–H groups in total. The lowest BCUT2D eigenvalue weighted by atomic mass is 9.93. The van der Waals surface area contributed by atoms with E-state index in [0.29, 0.717) is 11.8 Å². The van der Waals surface area contributed by atoms with Crippen LogP contribution in [0.15, 0.2) is 22.9 Å². The molecule has 1 aromatic heterocycles. The van der Waals surface area contributed by atoms with E-state index in [9.17, 15) is 0 Å². The van der Waals surface area contributed by atoms with Gasteiger partial charge in [0.25, 0.3) is 0 Å². The molecule has 0 aliphatic rings. The lowest BCUT2D eigenvalue weighted by Gasteiger charge is -2.17. The van der Waals surface area contributed by atoms with Crippen LogP contribution in [0.2, 0.25) is 0 Å². The first-order valence-electron chi connectivity index (χ1n) is 6.49. The number of nitrogens with zero attached hydrogens (tertiary/aromatic N) is 1. The van der Waals surface area contributed by atoms with Gasteiger partial charge in [-0.15, -0.1) is 0 Å². The number of ether oxygens (including phenoxy) is 1. The molecule has 0 atom stereocenters. The number of rotatable bonds is 4. The van der Waals surface area contributed by atoms with Crippen LogP contribution in [0.25, 0.3) is 11.1 Å². The summed E-state index contributed by atoms with van der Waals surface area (Å²) in [5.74, 6) is 1.69. The van der Waals surface area contributed by atoms with Gasteiger partial charge in [0.1, 0.15) is 5.75 Å². The predicted octanol–water partition coefficient (Wildman–Crippen LogP) is 3.62. The van der Waals surface area contributed by atoms with Crippen molar-refractivity contribution in [1.29, 1.82) is 0 Å². The number of hydrogen-bond acceptors (Lipinski definition) is 4. The monoisotopic (exact) mass is 260 g/mol. The number of anilines is 1. The van der Waals surface area contributed by atoms with Crippen molar-refractivity contribution in [3.8, 4) is 16.9 Å². The molecular weight excluding hydrogens is 240 g/mol. The minimum atomic E-state index is 0.349. The van der Waals surface area contributed by atoms with Crippen molar-refractivity contribution in [2.45, 2.75) is 33.1 Å². The molecule has 0 amide bonds. The molecule has 0 aliphatic carbocycles. The van der Waals surface area contributed by atoms with E-state index in [1.807, 2.05) is 0 Å². The van der Waals surface area contributed by atoms with Gasteiger partial charge in [-0.05, 0) is 41.2 Å². The Kier molecular flexibility index (Phi) is 3.79. The first kappa shape index (κ1) is 13.5. The van der Waals surface area contributed by atoms with Crippen LogP contribution < -0.4 is 10.5 Å². The number of methoxy groups -OCH3 is 1. The van der Waals surface area contributed by atoms with E-state index < -0.39 is 0 Å². The standard InChI is InChI=1S/C15H20N2O2/c1-5-10-6-11(13-8-17-19-15(13)16)7-12(9(2)3)14(10)18-4/h6-9H,5,16H2,1-4H3. The van der Waals surface area contributed by atoms with Crippen LogP contribution in [-0.4, -0.2) is 12.3 Å². The number of aromatic nitrogens is 1. The largest absolute Gasteiger partial charge is 0.496 e. The third-order valence-corrected chi connectivity index (χ3v) is 3.31. The van der Waals surface area contributed by atoms with E-state index in [1.165, 1.54) is 11.1 Å². The molecule has 0 saturated carbocycles. The second-order valence-electron chi connectivity index (χ2n) is 4.87. The molecular formula is C15H20N2O2. The molecule has 4 heteroatoms. The van der Waals surface area contributed by atoms with Crippen molar-refractivity contribution in [2.24, 2.45) is 0 Å². The van der Waals surface area contributed by atoms with Crippen molar-refractivity contribution in [1.82, 2.24) is 5.16 Å². The molecule has 0 unspecified atom stereocenters. The van der Waals surface area contributed by atoms with E-state index in [1.54, 1.807) is 13.3 Å². The van der Waals surface area contributed by atoms with Gasteiger partial charge in [0.15, 0.2) is 0 Å². The van der Waals surface area contributed by atoms with Crippen molar-refractivity contribution < 1.29 is 9.26 Å². The highest BCUT2D eigenvalue weighted by Crippen LogP contribution is 2.36. The molecule has 0 aliphatic heterocycles. The molecule has 4 nitrogen and oxygen atoms in total. The smallest absolute Gasteiger partial charge is 0.229 e. The Balaban J connectivity index is 2.65. The number of nitrogens with two attached hydrogens (primary N) is 1. The van der Waals surface area contributed by atoms with E-state index in [4.69, 9.17) is 15.0 Å². The third-order valence-electron chi connectivity index (χ3n) is 3.31. The first-order valence-corrected chi connectivity index (χ1v) is 6.49. The zero-order chi connectivity index (χ0) is 14.0. The van der Waals surface area contributed by atoms with Gasteiger partial charge in [-0.3, -0.25) is 0 Å². The Morgan fingerprint density at radius 3 is 2.58 bits per heavy atom. The molecule has 0 fully saturated rings. The quantitative estimate of drug-likeness (QED) is 0.912. The van der Waals surface area contributed by atoms with Crippen LogP contribution in [0.1, 0.15) is 37.8 Å². The van der Waals surface area contributed by atoms with Gasteiger partial charge in [-0.1, -0.05) is 25.9 Å². The zero-order valence-electron chi connectivity index (χ0n) is 11.9. The summed E-state index contributed by atoms with van der Waals surface area (Å²) in [7, 11) is 1.72. The molecule has 2 aromatic rings. The summed E-state index contributed by atoms with van der Waals surface area (Å²) in [6.45, 7) is 6.42. The number of aryl methyl sites for hydroxylation is 1. The summed E-state index contributed by atoms with van der Waals surface area (Å²) < 4.78 is 10.5. The number of nitrogen functional groups attached to an aromatic ring is 1. The molecule has 0 spiro atoms. The second-order valence-corrected chi connectivity index (χ2v) is 4.87. The van der Waals surface area contributed by atoms with E-state index in [0.717, 1.165) is 23.3 Å². The molecule has 0 radical (unpaired) electrons. The third kappa shape index (κ3) is 2.43. The van der Waals surface area contributed by atoms with Crippen LogP contribution in [0.4, 0.5) is 5.88 Å².